The molecule has 1 atom stereocenters. The van der Waals surface area contributed by atoms with E-state index in [2.05, 4.69) is 36.8 Å². The van der Waals surface area contributed by atoms with Gasteiger partial charge in [-0.25, -0.2) is 9.59 Å². The number of nitrogens with one attached hydrogen (secondary N) is 6. The van der Waals surface area contributed by atoms with Crippen LogP contribution in [0.15, 0.2) is 54.7 Å². The van der Waals surface area contributed by atoms with E-state index in [1.165, 1.54) is 0 Å². The number of aliphatic carboxylic acids is 1. The lowest BCUT2D eigenvalue weighted by atomic mass is 10.0. The molecule has 196 valence electrons. The van der Waals surface area contributed by atoms with Crippen molar-refractivity contribution in [1.82, 2.24) is 36.8 Å². The van der Waals surface area contributed by atoms with Crippen molar-refractivity contribution >= 4 is 28.9 Å². The Kier molecular flexibility index (Phi) is 8.67. The predicted octanol–water partition coefficient (Wildman–Crippen LogP) is 1.24. The Bertz CT molecular complexity index is 1210. The molecule has 0 radical (unpaired) electrons. The molecule has 2 aromatic carbocycles. The largest absolute Gasteiger partial charge is 0.478 e. The number of rotatable bonds is 12. The number of benzene rings is 2. The zero-order valence-corrected chi connectivity index (χ0v) is 20.3. The summed E-state index contributed by atoms with van der Waals surface area (Å²) in [6.45, 7) is 2.29. The number of H-pyrrole nitrogens is 1. The van der Waals surface area contributed by atoms with Crippen molar-refractivity contribution < 1.29 is 24.2 Å². The minimum absolute atomic E-state index is 0.00455. The van der Waals surface area contributed by atoms with Crippen LogP contribution in [0.25, 0.3) is 10.9 Å². The number of aromatic nitrogens is 2. The Balaban J connectivity index is 1.46. The second kappa shape index (κ2) is 12.3. The molecule has 12 heteroatoms. The Morgan fingerprint density at radius 2 is 1.81 bits per heavy atom. The lowest BCUT2D eigenvalue weighted by Gasteiger charge is -2.31. The summed E-state index contributed by atoms with van der Waals surface area (Å²) in [6, 6.07) is 14.0. The molecule has 1 saturated heterocycles. The van der Waals surface area contributed by atoms with Gasteiger partial charge in [0.05, 0.1) is 17.3 Å². The van der Waals surface area contributed by atoms with Gasteiger partial charge < -0.3 is 15.2 Å². The highest BCUT2D eigenvalue weighted by Gasteiger charge is 2.42. The normalized spacial score (nSPS) is 15.2. The van der Waals surface area contributed by atoms with E-state index in [0.29, 0.717) is 30.3 Å². The summed E-state index contributed by atoms with van der Waals surface area (Å²) in [5.74, 6) is -2.07. The van der Waals surface area contributed by atoms with Crippen LogP contribution in [0.5, 0.6) is 0 Å². The van der Waals surface area contributed by atoms with Crippen LogP contribution < -0.4 is 26.6 Å². The number of unbranched alkanes of at least 4 members (excludes halogenated alkanes) is 1. The summed E-state index contributed by atoms with van der Waals surface area (Å²) in [4.78, 5) is 38.5. The van der Waals surface area contributed by atoms with Crippen LogP contribution in [-0.4, -0.2) is 64.9 Å². The highest BCUT2D eigenvalue weighted by Crippen LogP contribution is 2.19. The zero-order chi connectivity index (χ0) is 26.1. The van der Waals surface area contributed by atoms with Crippen molar-refractivity contribution in [1.29, 1.82) is 0 Å². The summed E-state index contributed by atoms with van der Waals surface area (Å²) < 4.78 is 5.26. The highest BCUT2D eigenvalue weighted by atomic mass is 16.5. The van der Waals surface area contributed by atoms with Gasteiger partial charge in [0.1, 0.15) is 12.9 Å². The number of para-hydroxylation sites is 1. The number of carboxylic acids is 1. The number of alkyl carbamates (subject to hydrolysis) is 1. The number of amides is 2. The Morgan fingerprint density at radius 1 is 1.03 bits per heavy atom. The highest BCUT2D eigenvalue weighted by molar-refractivity contribution is 6.07. The van der Waals surface area contributed by atoms with Crippen LogP contribution in [0, 0.1) is 0 Å². The van der Waals surface area contributed by atoms with Crippen LogP contribution in [0.1, 0.15) is 35.2 Å². The number of carboxylic acid groups (broad SMARTS) is 1. The van der Waals surface area contributed by atoms with E-state index < -0.39 is 23.6 Å². The first kappa shape index (κ1) is 26.1. The number of carbonyl (C=O) groups excluding carboxylic acids is 2. The van der Waals surface area contributed by atoms with Crippen molar-refractivity contribution in [3.05, 3.63) is 65.9 Å². The van der Waals surface area contributed by atoms with Gasteiger partial charge in [0.25, 0.3) is 5.91 Å². The number of fused-ring (bicyclic) bond motifs is 1. The second-order valence-electron chi connectivity index (χ2n) is 8.74. The fraction of sp³-hybridized carbons (Fsp3) is 0.360. The van der Waals surface area contributed by atoms with Gasteiger partial charge in [-0.05, 0) is 31.0 Å². The SMILES string of the molecule is O=C(NC(CCCCNC1NCCN1)(NC(=O)c1cccc2cn[nH]c12)C(=O)O)OCc1ccccc1. The van der Waals surface area contributed by atoms with Crippen molar-refractivity contribution in [2.45, 2.75) is 37.8 Å². The predicted molar refractivity (Wildman–Crippen MR) is 135 cm³/mol. The second-order valence-corrected chi connectivity index (χ2v) is 8.74. The lowest BCUT2D eigenvalue weighted by molar-refractivity contribution is -0.146. The van der Waals surface area contributed by atoms with Gasteiger partial charge in [-0.3, -0.25) is 31.2 Å². The Morgan fingerprint density at radius 3 is 2.57 bits per heavy atom. The van der Waals surface area contributed by atoms with Crippen LogP contribution in [-0.2, 0) is 16.1 Å². The molecule has 2 heterocycles. The molecule has 0 spiro atoms. The third kappa shape index (κ3) is 6.82. The summed E-state index contributed by atoms with van der Waals surface area (Å²) in [6.07, 6.45) is 1.58. The number of hydrogen-bond acceptors (Lipinski definition) is 8. The molecule has 3 aromatic rings. The number of aromatic amines is 1. The maximum atomic E-state index is 13.3. The maximum Gasteiger partial charge on any atom is 0.409 e. The Labute approximate surface area is 213 Å². The fourth-order valence-corrected chi connectivity index (χ4v) is 4.13. The van der Waals surface area contributed by atoms with E-state index in [0.717, 1.165) is 18.7 Å². The van der Waals surface area contributed by atoms with Gasteiger partial charge in [-0.15, -0.1) is 0 Å². The quantitative estimate of drug-likeness (QED) is 0.140. The summed E-state index contributed by atoms with van der Waals surface area (Å²) in [7, 11) is 0. The van der Waals surface area contributed by atoms with Crippen LogP contribution in [0.3, 0.4) is 0 Å². The Hall–Kier alpha value is -4.00. The average Bonchev–Trinajstić information content (AvgIpc) is 3.59. The molecule has 0 saturated carbocycles. The van der Waals surface area contributed by atoms with Crippen molar-refractivity contribution in [3.8, 4) is 0 Å². The van der Waals surface area contributed by atoms with E-state index in [9.17, 15) is 19.5 Å². The van der Waals surface area contributed by atoms with Crippen molar-refractivity contribution in [2.75, 3.05) is 19.6 Å². The molecule has 1 aliphatic heterocycles. The average molecular weight is 510 g/mol. The monoisotopic (exact) mass is 509 g/mol. The molecule has 0 aliphatic carbocycles. The molecule has 1 unspecified atom stereocenters. The number of ether oxygens (including phenoxy) is 1. The van der Waals surface area contributed by atoms with Gasteiger partial charge in [0, 0.05) is 24.9 Å². The van der Waals surface area contributed by atoms with Gasteiger partial charge in [0.15, 0.2) is 0 Å². The van der Waals surface area contributed by atoms with E-state index in [1.807, 2.05) is 6.07 Å². The van der Waals surface area contributed by atoms with Crippen molar-refractivity contribution in [3.63, 3.8) is 0 Å². The minimum Gasteiger partial charge on any atom is -0.478 e. The standard InChI is InChI=1S/C25H31N7O5/c33-21(19-10-6-9-18-15-29-32-20(18)19)30-25(22(34)35,11-4-5-12-26-23-27-13-14-28-23)31-24(36)37-16-17-7-2-1-3-8-17/h1-3,6-10,15,23,26-28H,4-5,11-14,16H2,(H,29,32)(H,30,33)(H,31,36)(H,34,35). The van der Waals surface area contributed by atoms with E-state index in [4.69, 9.17) is 4.74 Å². The number of nitrogens with zero attached hydrogens (tertiary/aromatic N) is 1. The van der Waals surface area contributed by atoms with E-state index in [1.54, 1.807) is 48.7 Å². The summed E-state index contributed by atoms with van der Waals surface area (Å²) in [5.41, 5.74) is -0.669. The molecule has 12 nitrogen and oxygen atoms in total. The van der Waals surface area contributed by atoms with E-state index >= 15 is 0 Å². The smallest absolute Gasteiger partial charge is 0.409 e. The maximum absolute atomic E-state index is 13.3. The first-order chi connectivity index (χ1) is 18.0. The molecule has 4 rings (SSSR count). The summed E-state index contributed by atoms with van der Waals surface area (Å²) in [5, 5.41) is 32.3. The van der Waals surface area contributed by atoms with Gasteiger partial charge >= 0.3 is 12.1 Å². The topological polar surface area (TPSA) is 169 Å². The first-order valence-electron chi connectivity index (χ1n) is 12.1. The molecule has 1 fully saturated rings. The first-order valence-corrected chi connectivity index (χ1v) is 12.1. The summed E-state index contributed by atoms with van der Waals surface area (Å²) >= 11 is 0. The molecule has 7 N–H and O–H groups in total. The molecular weight excluding hydrogens is 478 g/mol. The lowest BCUT2D eigenvalue weighted by Crippen LogP contribution is -2.65. The number of hydrogen-bond donors (Lipinski definition) is 7. The molecule has 1 aromatic heterocycles. The minimum atomic E-state index is -2.09. The van der Waals surface area contributed by atoms with Gasteiger partial charge in [0.2, 0.25) is 5.66 Å². The zero-order valence-electron chi connectivity index (χ0n) is 20.3. The fourth-order valence-electron chi connectivity index (χ4n) is 4.13. The van der Waals surface area contributed by atoms with E-state index in [-0.39, 0.29) is 24.9 Å². The molecule has 37 heavy (non-hydrogen) atoms. The van der Waals surface area contributed by atoms with Gasteiger partial charge in [-0.1, -0.05) is 42.5 Å². The third-order valence-electron chi connectivity index (χ3n) is 6.09. The van der Waals surface area contributed by atoms with Crippen LogP contribution in [0.4, 0.5) is 4.79 Å². The molecule has 2 amide bonds. The number of carbonyl (C=O) groups is 3. The molecular formula is C25H31N7O5. The third-order valence-corrected chi connectivity index (χ3v) is 6.09. The molecule has 0 bridgehead atoms. The van der Waals surface area contributed by atoms with Crippen LogP contribution in [0.2, 0.25) is 0 Å². The van der Waals surface area contributed by atoms with Gasteiger partial charge in [-0.2, -0.15) is 5.10 Å². The van der Waals surface area contributed by atoms with Crippen molar-refractivity contribution in [2.24, 2.45) is 0 Å². The molecule has 1 aliphatic rings. The van der Waals surface area contributed by atoms with Crippen LogP contribution >= 0.6 is 0 Å².